The lowest BCUT2D eigenvalue weighted by atomic mass is 9.22. The first-order valence-electron chi connectivity index (χ1n) is 18.4. The van der Waals surface area contributed by atoms with Crippen LogP contribution < -0.4 is 0 Å². The van der Waals surface area contributed by atoms with Crippen molar-refractivity contribution in [3.05, 3.63) is 39.9 Å². The molecule has 0 radical (unpaired) electrons. The van der Waals surface area contributed by atoms with Crippen LogP contribution in [0.25, 0.3) is 0 Å². The standard InChI is InChI=1S/C38H49NO2/c40-39(41)28-15-13-27(14-16-28)38-35-25-11-7-21-3-1-19-5-9-23-17-24-10-6-20-2-4-22-8-12-26(18-25)36(38)32(22)30(20)34(24)37(38)33(23)29(19)31(21)35/h13-16,19-26,29-37H,1-12,17-18H2. The lowest BCUT2D eigenvalue weighted by Gasteiger charge is -2.82. The summed E-state index contributed by atoms with van der Waals surface area (Å²) in [4.78, 5) is 11.7. The Labute approximate surface area is 246 Å². The van der Waals surface area contributed by atoms with Gasteiger partial charge in [-0.3, -0.25) is 10.1 Å². The first-order valence-corrected chi connectivity index (χ1v) is 18.4. The Morgan fingerprint density at radius 3 is 1.32 bits per heavy atom. The van der Waals surface area contributed by atoms with Crippen molar-refractivity contribution in [2.75, 3.05) is 0 Å². The molecule has 16 unspecified atom stereocenters. The van der Waals surface area contributed by atoms with Gasteiger partial charge in [0.25, 0.3) is 5.69 Å². The van der Waals surface area contributed by atoms with Gasteiger partial charge >= 0.3 is 0 Å². The summed E-state index contributed by atoms with van der Waals surface area (Å²) in [6, 6.07) is 8.63. The van der Waals surface area contributed by atoms with E-state index in [-0.39, 0.29) is 4.92 Å². The molecule has 11 rings (SSSR count). The topological polar surface area (TPSA) is 43.1 Å². The molecule has 41 heavy (non-hydrogen) atoms. The zero-order valence-corrected chi connectivity index (χ0v) is 24.8. The molecule has 0 aromatic heterocycles. The van der Waals surface area contributed by atoms with E-state index in [1.807, 2.05) is 12.1 Å². The molecule has 1 aromatic carbocycles. The molecule has 0 heterocycles. The summed E-state index contributed by atoms with van der Waals surface area (Å²) in [5, 5.41) is 11.9. The van der Waals surface area contributed by atoms with Crippen molar-refractivity contribution < 1.29 is 4.92 Å². The van der Waals surface area contributed by atoms with Gasteiger partial charge in [0.2, 0.25) is 0 Å². The van der Waals surface area contributed by atoms with Gasteiger partial charge in [0.15, 0.2) is 0 Å². The third-order valence-electron chi connectivity index (χ3n) is 17.6. The molecule has 3 heteroatoms. The Morgan fingerprint density at radius 1 is 0.488 bits per heavy atom. The fourth-order valence-electron chi connectivity index (χ4n) is 17.5. The minimum absolute atomic E-state index is 0.146. The van der Waals surface area contributed by atoms with Gasteiger partial charge in [0.05, 0.1) is 4.92 Å². The van der Waals surface area contributed by atoms with Gasteiger partial charge in [-0.1, -0.05) is 12.1 Å². The van der Waals surface area contributed by atoms with Crippen LogP contribution in [-0.2, 0) is 5.41 Å². The van der Waals surface area contributed by atoms with Crippen LogP contribution in [0.15, 0.2) is 24.3 Å². The molecule has 3 nitrogen and oxygen atoms in total. The predicted octanol–water partition coefficient (Wildman–Crippen LogP) is 8.91. The van der Waals surface area contributed by atoms with Crippen LogP contribution in [0.5, 0.6) is 0 Å². The lowest BCUT2D eigenvalue weighted by molar-refractivity contribution is -0.384. The zero-order chi connectivity index (χ0) is 26.8. The molecule has 16 atom stereocenters. The number of hydrogen-bond donors (Lipinski definition) is 0. The van der Waals surface area contributed by atoms with Crippen LogP contribution in [0.3, 0.4) is 0 Å². The van der Waals surface area contributed by atoms with Crippen molar-refractivity contribution in [3.63, 3.8) is 0 Å². The monoisotopic (exact) mass is 551 g/mol. The molecule has 0 aliphatic heterocycles. The van der Waals surface area contributed by atoms with Crippen molar-refractivity contribution in [1.29, 1.82) is 0 Å². The molecule has 10 aliphatic rings. The highest BCUT2D eigenvalue weighted by Gasteiger charge is 2.79. The van der Waals surface area contributed by atoms with E-state index in [1.165, 1.54) is 51.4 Å². The molecule has 1 aromatic rings. The molecule has 0 bridgehead atoms. The van der Waals surface area contributed by atoms with E-state index in [9.17, 15) is 10.1 Å². The van der Waals surface area contributed by atoms with Crippen molar-refractivity contribution >= 4 is 5.69 Å². The number of benzene rings is 1. The molecule has 0 spiro atoms. The Hall–Kier alpha value is -1.38. The van der Waals surface area contributed by atoms with Crippen LogP contribution >= 0.6 is 0 Å². The van der Waals surface area contributed by atoms with Crippen LogP contribution in [0.1, 0.15) is 95.5 Å². The molecular weight excluding hydrogens is 502 g/mol. The maximum Gasteiger partial charge on any atom is 0.269 e. The number of hydrogen-bond acceptors (Lipinski definition) is 2. The van der Waals surface area contributed by atoms with E-state index in [1.54, 1.807) is 44.1 Å². The second-order valence-corrected chi connectivity index (χ2v) is 17.8. The maximum atomic E-state index is 11.9. The van der Waals surface area contributed by atoms with Gasteiger partial charge in [-0.2, -0.15) is 0 Å². The molecule has 10 saturated carbocycles. The van der Waals surface area contributed by atoms with E-state index in [0.29, 0.717) is 11.1 Å². The average molecular weight is 552 g/mol. The summed E-state index contributed by atoms with van der Waals surface area (Å²) in [7, 11) is 0. The second kappa shape index (κ2) is 8.01. The smallest absolute Gasteiger partial charge is 0.258 e. The summed E-state index contributed by atoms with van der Waals surface area (Å²) in [5.74, 6) is 16.3. The lowest BCUT2D eigenvalue weighted by Crippen LogP contribution is -2.78. The minimum atomic E-state index is -0.146. The van der Waals surface area contributed by atoms with Crippen molar-refractivity contribution in [2.45, 2.75) is 95.3 Å². The number of nitrogens with zero attached hydrogens (tertiary/aromatic N) is 1. The van der Waals surface area contributed by atoms with Crippen LogP contribution in [0.2, 0.25) is 0 Å². The molecule has 0 N–H and O–H groups in total. The Morgan fingerprint density at radius 2 is 0.854 bits per heavy atom. The Balaban J connectivity index is 1.22. The predicted molar refractivity (Wildman–Crippen MR) is 159 cm³/mol. The largest absolute Gasteiger partial charge is 0.269 e. The average Bonchev–Trinajstić information content (AvgIpc) is 3.01. The van der Waals surface area contributed by atoms with Crippen molar-refractivity contribution in [2.24, 2.45) is 101 Å². The number of non-ortho nitro benzene ring substituents is 1. The first kappa shape index (κ1) is 24.0. The normalized spacial score (nSPS) is 59.9. The van der Waals surface area contributed by atoms with Gasteiger partial charge in [-0.15, -0.1) is 0 Å². The van der Waals surface area contributed by atoms with E-state index in [4.69, 9.17) is 0 Å². The zero-order valence-electron chi connectivity index (χ0n) is 24.8. The SMILES string of the molecule is O=[N+]([O-])c1ccc(C23C4C5CCC6CCC7CCC8CC9CCC%10CCC%11CCC(C5)C2C%11C%10C9C3C8C7C64)cc1. The highest BCUT2D eigenvalue weighted by Crippen LogP contribution is 2.83. The van der Waals surface area contributed by atoms with E-state index in [2.05, 4.69) is 12.1 Å². The van der Waals surface area contributed by atoms with Gasteiger partial charge in [-0.05, 0) is 196 Å². The van der Waals surface area contributed by atoms with Gasteiger partial charge in [-0.25, -0.2) is 0 Å². The fourth-order valence-corrected chi connectivity index (χ4v) is 17.5. The summed E-state index contributed by atoms with van der Waals surface area (Å²) in [6.07, 6.45) is 21.4. The molecule has 0 amide bonds. The second-order valence-electron chi connectivity index (χ2n) is 17.8. The highest BCUT2D eigenvalue weighted by atomic mass is 16.6. The first-order chi connectivity index (χ1) is 20.1. The quantitative estimate of drug-likeness (QED) is 0.272. The molecule has 0 saturated heterocycles. The van der Waals surface area contributed by atoms with Crippen molar-refractivity contribution in [1.82, 2.24) is 0 Å². The molecule has 10 fully saturated rings. The van der Waals surface area contributed by atoms with E-state index < -0.39 is 0 Å². The minimum Gasteiger partial charge on any atom is -0.258 e. The summed E-state index contributed by atoms with van der Waals surface area (Å²) in [5.41, 5.74) is 2.24. The summed E-state index contributed by atoms with van der Waals surface area (Å²) < 4.78 is 0. The fraction of sp³-hybridized carbons (Fsp3) is 0.842. The Bertz CT molecular complexity index is 1220. The molecule has 218 valence electrons. The number of rotatable bonds is 2. The number of nitro groups is 1. The van der Waals surface area contributed by atoms with E-state index >= 15 is 0 Å². The maximum absolute atomic E-state index is 11.9. The number of nitro benzene ring substituents is 1. The van der Waals surface area contributed by atoms with Crippen LogP contribution in [0, 0.1) is 111 Å². The van der Waals surface area contributed by atoms with Gasteiger partial charge in [0.1, 0.15) is 0 Å². The van der Waals surface area contributed by atoms with Crippen molar-refractivity contribution in [3.8, 4) is 0 Å². The Kier molecular flexibility index (Phi) is 4.69. The van der Waals surface area contributed by atoms with Crippen LogP contribution in [0.4, 0.5) is 5.69 Å². The van der Waals surface area contributed by atoms with Gasteiger partial charge in [0, 0.05) is 17.5 Å². The third kappa shape index (κ3) is 2.70. The highest BCUT2D eigenvalue weighted by molar-refractivity contribution is 5.43. The molecule has 10 aliphatic carbocycles. The molecular formula is C38H49NO2. The van der Waals surface area contributed by atoms with Gasteiger partial charge < -0.3 is 0 Å². The van der Waals surface area contributed by atoms with E-state index in [0.717, 1.165) is 101 Å². The van der Waals surface area contributed by atoms with Crippen LogP contribution in [-0.4, -0.2) is 4.92 Å². The third-order valence-corrected chi connectivity index (χ3v) is 17.6. The summed E-state index contributed by atoms with van der Waals surface area (Å²) >= 11 is 0. The summed E-state index contributed by atoms with van der Waals surface area (Å²) in [6.45, 7) is 0.